The van der Waals surface area contributed by atoms with Crippen molar-refractivity contribution in [2.24, 2.45) is 0 Å². The molecule has 1 aliphatic heterocycles. The second kappa shape index (κ2) is 9.13. The number of anilines is 1. The van der Waals surface area contributed by atoms with Crippen LogP contribution in [0.1, 0.15) is 47.6 Å². The summed E-state index contributed by atoms with van der Waals surface area (Å²) in [5.74, 6) is 0. The second-order valence-corrected chi connectivity index (χ2v) is 8.85. The Balaban J connectivity index is 1.57. The van der Waals surface area contributed by atoms with Gasteiger partial charge in [-0.3, -0.25) is 4.90 Å². The fourth-order valence-corrected chi connectivity index (χ4v) is 4.92. The number of thiocarbonyl (C=S) groups is 1. The fraction of sp³-hybridized carbons (Fsp3) is 0.435. The number of alkyl halides is 6. The predicted molar refractivity (Wildman–Crippen MR) is 118 cm³/mol. The summed E-state index contributed by atoms with van der Waals surface area (Å²) in [4.78, 5) is 2.38. The summed E-state index contributed by atoms with van der Waals surface area (Å²) in [5.41, 5.74) is -0.945. The third kappa shape index (κ3) is 5.43. The highest BCUT2D eigenvalue weighted by Gasteiger charge is 2.38. The van der Waals surface area contributed by atoms with Gasteiger partial charge in [-0.2, -0.15) is 26.3 Å². The summed E-state index contributed by atoms with van der Waals surface area (Å²) in [6.45, 7) is 1.89. The lowest BCUT2D eigenvalue weighted by atomic mass is 10.0. The molecule has 0 unspecified atom stereocenters. The van der Waals surface area contributed by atoms with E-state index in [1.54, 1.807) is 0 Å². The zero-order valence-electron chi connectivity index (χ0n) is 17.6. The number of fused-ring (bicyclic) bond motifs is 1. The van der Waals surface area contributed by atoms with Crippen molar-refractivity contribution in [3.8, 4) is 0 Å². The highest BCUT2D eigenvalue weighted by molar-refractivity contribution is 7.80. The molecule has 2 N–H and O–H groups in total. The van der Waals surface area contributed by atoms with E-state index in [-0.39, 0.29) is 28.9 Å². The van der Waals surface area contributed by atoms with Crippen molar-refractivity contribution in [2.75, 3.05) is 18.4 Å². The topological polar surface area (TPSA) is 27.3 Å². The molecule has 2 aromatic carbocycles. The molecule has 0 spiro atoms. The number of halogens is 6. The van der Waals surface area contributed by atoms with E-state index in [1.807, 2.05) is 24.3 Å². The lowest BCUT2D eigenvalue weighted by Gasteiger charge is -2.36. The molecular weight excluding hydrogens is 464 g/mol. The number of benzene rings is 2. The molecule has 1 aliphatic carbocycles. The first-order valence-electron chi connectivity index (χ1n) is 10.7. The Morgan fingerprint density at radius 1 is 0.879 bits per heavy atom. The van der Waals surface area contributed by atoms with Crippen molar-refractivity contribution in [1.29, 1.82) is 0 Å². The SMILES string of the molecule is FC(F)(F)c1cc(NC(=S)N[C@H]2c3ccccc3C[C@H]2N2CCCCC2)cc(C(F)(F)F)c1. The maximum Gasteiger partial charge on any atom is 0.416 e. The largest absolute Gasteiger partial charge is 0.416 e. The monoisotopic (exact) mass is 487 g/mol. The van der Waals surface area contributed by atoms with Crippen LogP contribution in [0.25, 0.3) is 0 Å². The Morgan fingerprint density at radius 3 is 2.09 bits per heavy atom. The van der Waals surface area contributed by atoms with E-state index >= 15 is 0 Å². The Bertz CT molecular complexity index is 982. The van der Waals surface area contributed by atoms with Gasteiger partial charge in [0.05, 0.1) is 17.2 Å². The number of nitrogens with one attached hydrogen (secondary N) is 2. The van der Waals surface area contributed by atoms with Crippen LogP contribution in [0.4, 0.5) is 32.0 Å². The van der Waals surface area contributed by atoms with E-state index in [4.69, 9.17) is 12.2 Å². The minimum Gasteiger partial charge on any atom is -0.354 e. The van der Waals surface area contributed by atoms with Crippen LogP contribution < -0.4 is 10.6 Å². The first-order chi connectivity index (χ1) is 15.5. The maximum absolute atomic E-state index is 13.2. The van der Waals surface area contributed by atoms with Crippen molar-refractivity contribution in [3.05, 3.63) is 64.7 Å². The summed E-state index contributed by atoms with van der Waals surface area (Å²) >= 11 is 5.33. The first-order valence-corrected chi connectivity index (χ1v) is 11.1. The molecule has 33 heavy (non-hydrogen) atoms. The van der Waals surface area contributed by atoms with E-state index in [0.717, 1.165) is 43.5 Å². The molecule has 0 aromatic heterocycles. The van der Waals surface area contributed by atoms with Gasteiger partial charge < -0.3 is 10.6 Å². The highest BCUT2D eigenvalue weighted by Crippen LogP contribution is 2.38. The van der Waals surface area contributed by atoms with Crippen molar-refractivity contribution in [3.63, 3.8) is 0 Å². The van der Waals surface area contributed by atoms with Crippen LogP contribution in [-0.2, 0) is 18.8 Å². The summed E-state index contributed by atoms with van der Waals surface area (Å²) < 4.78 is 79.0. The van der Waals surface area contributed by atoms with Gasteiger partial charge >= 0.3 is 12.4 Å². The third-order valence-electron chi connectivity index (χ3n) is 6.20. The lowest BCUT2D eigenvalue weighted by molar-refractivity contribution is -0.143. The minimum absolute atomic E-state index is 0.0221. The normalized spacial score (nSPS) is 21.5. The van der Waals surface area contributed by atoms with E-state index in [2.05, 4.69) is 15.5 Å². The Labute approximate surface area is 193 Å². The minimum atomic E-state index is -4.92. The van der Waals surface area contributed by atoms with Crippen molar-refractivity contribution < 1.29 is 26.3 Å². The molecule has 0 bridgehead atoms. The van der Waals surface area contributed by atoms with Gasteiger partial charge in [0, 0.05) is 11.7 Å². The summed E-state index contributed by atoms with van der Waals surface area (Å²) in [6.07, 6.45) is -5.68. The van der Waals surface area contributed by atoms with Gasteiger partial charge in [0.1, 0.15) is 0 Å². The highest BCUT2D eigenvalue weighted by atomic mass is 32.1. The van der Waals surface area contributed by atoms with Gasteiger partial charge in [0.2, 0.25) is 0 Å². The molecule has 1 saturated heterocycles. The Kier molecular flexibility index (Phi) is 6.59. The van der Waals surface area contributed by atoms with Gasteiger partial charge in [-0.05, 0) is 73.9 Å². The Morgan fingerprint density at radius 2 is 1.48 bits per heavy atom. The molecule has 1 heterocycles. The second-order valence-electron chi connectivity index (χ2n) is 8.44. The zero-order chi connectivity index (χ0) is 23.8. The summed E-state index contributed by atoms with van der Waals surface area (Å²) in [6, 6.07) is 9.13. The molecule has 3 nitrogen and oxygen atoms in total. The fourth-order valence-electron chi connectivity index (χ4n) is 4.67. The van der Waals surface area contributed by atoms with Crippen LogP contribution in [0.3, 0.4) is 0 Å². The van der Waals surface area contributed by atoms with Crippen LogP contribution in [0, 0.1) is 0 Å². The smallest absolute Gasteiger partial charge is 0.354 e. The van der Waals surface area contributed by atoms with E-state index in [9.17, 15) is 26.3 Å². The molecular formula is C23H23F6N3S. The lowest BCUT2D eigenvalue weighted by Crippen LogP contribution is -2.47. The quantitative estimate of drug-likeness (QED) is 0.401. The van der Waals surface area contributed by atoms with Crippen LogP contribution in [0.5, 0.6) is 0 Å². The molecule has 0 amide bonds. The predicted octanol–water partition coefficient (Wildman–Crippen LogP) is 6.16. The van der Waals surface area contributed by atoms with Gasteiger partial charge in [-0.1, -0.05) is 30.7 Å². The van der Waals surface area contributed by atoms with Gasteiger partial charge in [0.25, 0.3) is 0 Å². The summed E-state index contributed by atoms with van der Waals surface area (Å²) in [7, 11) is 0. The molecule has 178 valence electrons. The van der Waals surface area contributed by atoms with Crippen LogP contribution in [-0.4, -0.2) is 29.1 Å². The molecule has 0 radical (unpaired) electrons. The van der Waals surface area contributed by atoms with Crippen molar-refractivity contribution in [2.45, 2.75) is 50.1 Å². The number of likely N-dealkylation sites (tertiary alicyclic amines) is 1. The third-order valence-corrected chi connectivity index (χ3v) is 6.42. The molecule has 2 aliphatic rings. The van der Waals surface area contributed by atoms with Gasteiger partial charge in [0.15, 0.2) is 5.11 Å². The number of hydrogen-bond donors (Lipinski definition) is 2. The number of piperidine rings is 1. The average molecular weight is 488 g/mol. The van der Waals surface area contributed by atoms with Crippen LogP contribution >= 0.6 is 12.2 Å². The maximum atomic E-state index is 13.2. The number of nitrogens with zero attached hydrogens (tertiary/aromatic N) is 1. The van der Waals surface area contributed by atoms with Crippen LogP contribution in [0.15, 0.2) is 42.5 Å². The van der Waals surface area contributed by atoms with E-state index < -0.39 is 23.5 Å². The number of rotatable bonds is 3. The standard InChI is InChI=1S/C23H23F6N3S/c24-22(25,26)15-11-16(23(27,28)29)13-17(12-15)30-21(33)31-20-18-7-3-2-6-14(18)10-19(20)32-8-4-1-5-9-32/h2-3,6-7,11-13,19-20H,1,4-5,8-10H2,(H2,30,31,33)/t19-,20+/m1/s1. The van der Waals surface area contributed by atoms with Gasteiger partial charge in [-0.15, -0.1) is 0 Å². The molecule has 1 fully saturated rings. The molecule has 2 atom stereocenters. The van der Waals surface area contributed by atoms with Crippen molar-refractivity contribution >= 4 is 23.0 Å². The van der Waals surface area contributed by atoms with Gasteiger partial charge in [-0.25, -0.2) is 0 Å². The van der Waals surface area contributed by atoms with Crippen molar-refractivity contribution in [1.82, 2.24) is 10.2 Å². The number of hydrogen-bond acceptors (Lipinski definition) is 2. The summed E-state index contributed by atoms with van der Waals surface area (Å²) in [5, 5.41) is 5.69. The first kappa shape index (κ1) is 23.8. The molecule has 10 heteroatoms. The van der Waals surface area contributed by atoms with E-state index in [1.165, 1.54) is 6.42 Å². The Hall–Kier alpha value is -2.33. The average Bonchev–Trinajstić information content (AvgIpc) is 3.11. The van der Waals surface area contributed by atoms with Crippen LogP contribution in [0.2, 0.25) is 0 Å². The van der Waals surface area contributed by atoms with E-state index in [0.29, 0.717) is 12.1 Å². The molecule has 0 saturated carbocycles. The zero-order valence-corrected chi connectivity index (χ0v) is 18.4. The molecule has 2 aromatic rings. The molecule has 4 rings (SSSR count).